The topological polar surface area (TPSA) is 21.5 Å². The number of ketones is 1. The number of rotatable bonds is 5. The van der Waals surface area contributed by atoms with E-state index >= 15 is 0 Å². The van der Waals surface area contributed by atoms with Gasteiger partial charge in [-0.15, -0.1) is 11.3 Å². The van der Waals surface area contributed by atoms with Crippen molar-refractivity contribution in [1.82, 2.24) is 0 Å². The summed E-state index contributed by atoms with van der Waals surface area (Å²) >= 11 is 1.56. The van der Waals surface area contributed by atoms with Crippen LogP contribution < -0.4 is 17.3 Å². The van der Waals surface area contributed by atoms with Crippen molar-refractivity contribution < 1.29 is 22.1 Å². The Morgan fingerprint density at radius 1 is 1.38 bits per heavy atom. The van der Waals surface area contributed by atoms with Crippen molar-refractivity contribution in [3.05, 3.63) is 22.4 Å². The Morgan fingerprint density at radius 2 is 2.12 bits per heavy atom. The molecule has 4 heteroatoms. The van der Waals surface area contributed by atoms with Gasteiger partial charge in [0.2, 0.25) is 0 Å². The molecule has 1 aliphatic heterocycles. The minimum atomic E-state index is 0. The highest BCUT2D eigenvalue weighted by molar-refractivity contribution is 7.12. The van der Waals surface area contributed by atoms with E-state index in [4.69, 9.17) is 0 Å². The van der Waals surface area contributed by atoms with Crippen LogP contribution in [0.25, 0.3) is 0 Å². The number of quaternary nitrogens is 1. The third-order valence-corrected chi connectivity index (χ3v) is 3.95. The van der Waals surface area contributed by atoms with Crippen molar-refractivity contribution in [3.63, 3.8) is 0 Å². The Morgan fingerprint density at radius 3 is 2.75 bits per heavy atom. The second kappa shape index (κ2) is 7.05. The molecule has 0 aliphatic carbocycles. The van der Waals surface area contributed by atoms with Gasteiger partial charge in [0.25, 0.3) is 0 Å². The van der Waals surface area contributed by atoms with E-state index in [0.717, 1.165) is 17.7 Å². The molecule has 0 spiro atoms. The molecule has 0 atom stereocenters. The van der Waals surface area contributed by atoms with E-state index in [1.165, 1.54) is 32.5 Å². The smallest absolute Gasteiger partial charge is 0.173 e. The van der Waals surface area contributed by atoms with Gasteiger partial charge < -0.3 is 17.3 Å². The van der Waals surface area contributed by atoms with Crippen LogP contribution in [-0.4, -0.2) is 25.4 Å². The first-order valence-electron chi connectivity index (χ1n) is 5.76. The molecule has 1 aliphatic rings. The lowest BCUT2D eigenvalue weighted by Gasteiger charge is -2.10. The van der Waals surface area contributed by atoms with Crippen molar-refractivity contribution >= 4 is 17.1 Å². The average Bonchev–Trinajstić information content (AvgIpc) is 2.90. The molecule has 2 rings (SSSR count). The molecule has 0 unspecified atom stereocenters. The summed E-state index contributed by atoms with van der Waals surface area (Å²) in [7, 11) is 0. The second-order valence-electron chi connectivity index (χ2n) is 4.21. The van der Waals surface area contributed by atoms with Gasteiger partial charge in [0, 0.05) is 25.7 Å². The van der Waals surface area contributed by atoms with Crippen LogP contribution in [0.4, 0.5) is 0 Å². The van der Waals surface area contributed by atoms with E-state index in [9.17, 15) is 4.79 Å². The van der Waals surface area contributed by atoms with Crippen molar-refractivity contribution in [2.45, 2.75) is 25.7 Å². The fraction of sp³-hybridized carbons (Fsp3) is 0.583. The van der Waals surface area contributed by atoms with Crippen LogP contribution in [0.1, 0.15) is 35.4 Å². The summed E-state index contributed by atoms with van der Waals surface area (Å²) < 4.78 is 0. The molecule has 0 radical (unpaired) electrons. The molecule has 1 fully saturated rings. The Kier molecular flexibility index (Phi) is 6.03. The zero-order valence-corrected chi connectivity index (χ0v) is 10.9. The SMILES string of the molecule is O=C(CCC[NH+]1CCCC1)c1cccs1.[Cl-]. The largest absolute Gasteiger partial charge is 1.00 e. The van der Waals surface area contributed by atoms with Crippen LogP contribution >= 0.6 is 11.3 Å². The van der Waals surface area contributed by atoms with E-state index in [-0.39, 0.29) is 12.4 Å². The van der Waals surface area contributed by atoms with Crippen molar-refractivity contribution in [3.8, 4) is 0 Å². The average molecular weight is 260 g/mol. The lowest BCUT2D eigenvalue weighted by Crippen LogP contribution is -3.10. The molecule has 1 N–H and O–H groups in total. The fourth-order valence-corrected chi connectivity index (χ4v) is 2.88. The summed E-state index contributed by atoms with van der Waals surface area (Å²) in [6, 6.07) is 3.87. The van der Waals surface area contributed by atoms with Crippen LogP contribution in [-0.2, 0) is 0 Å². The fourth-order valence-electron chi connectivity index (χ4n) is 2.18. The van der Waals surface area contributed by atoms with Gasteiger partial charge in [0.15, 0.2) is 5.78 Å². The number of thiophene rings is 1. The molecule has 90 valence electrons. The molecule has 1 saturated heterocycles. The molecule has 2 heterocycles. The molecule has 16 heavy (non-hydrogen) atoms. The highest BCUT2D eigenvalue weighted by Crippen LogP contribution is 2.11. The minimum Gasteiger partial charge on any atom is -1.00 e. The van der Waals surface area contributed by atoms with Gasteiger partial charge in [-0.2, -0.15) is 0 Å². The normalized spacial score (nSPS) is 16.0. The Bertz CT molecular complexity index is 307. The highest BCUT2D eigenvalue weighted by Gasteiger charge is 2.15. The van der Waals surface area contributed by atoms with Crippen LogP contribution in [0.15, 0.2) is 17.5 Å². The zero-order chi connectivity index (χ0) is 10.5. The molecule has 2 nitrogen and oxygen atoms in total. The molecule has 0 saturated carbocycles. The molecular formula is C12H18ClNOS. The predicted octanol–water partition coefficient (Wildman–Crippen LogP) is -1.61. The van der Waals surface area contributed by atoms with Crippen LogP contribution in [0.3, 0.4) is 0 Å². The van der Waals surface area contributed by atoms with Crippen molar-refractivity contribution in [1.29, 1.82) is 0 Å². The predicted molar refractivity (Wildman–Crippen MR) is 62.7 cm³/mol. The van der Waals surface area contributed by atoms with Gasteiger partial charge in [-0.25, -0.2) is 0 Å². The first-order valence-corrected chi connectivity index (χ1v) is 6.64. The molecule has 0 aromatic carbocycles. The monoisotopic (exact) mass is 259 g/mol. The summed E-state index contributed by atoms with van der Waals surface area (Å²) in [6.45, 7) is 3.80. The van der Waals surface area contributed by atoms with Gasteiger partial charge >= 0.3 is 0 Å². The summed E-state index contributed by atoms with van der Waals surface area (Å²) in [6.07, 6.45) is 4.51. The molecule has 1 aromatic heterocycles. The number of hydrogen-bond donors (Lipinski definition) is 1. The van der Waals surface area contributed by atoms with Gasteiger partial charge in [-0.3, -0.25) is 4.79 Å². The number of carbonyl (C=O) groups is 1. The maximum absolute atomic E-state index is 11.7. The first-order chi connectivity index (χ1) is 7.36. The lowest BCUT2D eigenvalue weighted by molar-refractivity contribution is -0.887. The first kappa shape index (κ1) is 13.7. The summed E-state index contributed by atoms with van der Waals surface area (Å²) in [4.78, 5) is 14.3. The third-order valence-electron chi connectivity index (χ3n) is 3.04. The van der Waals surface area contributed by atoms with Crippen molar-refractivity contribution in [2.24, 2.45) is 0 Å². The molecule has 0 bridgehead atoms. The Labute approximate surface area is 107 Å². The number of carbonyl (C=O) groups excluding carboxylic acids is 1. The number of nitrogens with one attached hydrogen (secondary N) is 1. The van der Waals surface area contributed by atoms with Gasteiger partial charge in [0.1, 0.15) is 0 Å². The lowest BCUT2D eigenvalue weighted by atomic mass is 10.2. The maximum Gasteiger partial charge on any atom is 0.173 e. The van der Waals surface area contributed by atoms with E-state index < -0.39 is 0 Å². The highest BCUT2D eigenvalue weighted by atomic mass is 35.5. The number of halogens is 1. The van der Waals surface area contributed by atoms with Crippen molar-refractivity contribution in [2.75, 3.05) is 19.6 Å². The van der Waals surface area contributed by atoms with Crippen LogP contribution in [0.5, 0.6) is 0 Å². The summed E-state index contributed by atoms with van der Waals surface area (Å²) in [5, 5.41) is 1.97. The number of likely N-dealkylation sites (tertiary alicyclic amines) is 1. The zero-order valence-electron chi connectivity index (χ0n) is 9.38. The minimum absolute atomic E-state index is 0. The third kappa shape index (κ3) is 3.89. The van der Waals surface area contributed by atoms with Gasteiger partial charge in [0.05, 0.1) is 24.5 Å². The van der Waals surface area contributed by atoms with Crippen LogP contribution in [0, 0.1) is 0 Å². The van der Waals surface area contributed by atoms with E-state index in [1.54, 1.807) is 16.2 Å². The number of Topliss-reactive ketones (excluding diaryl/α,β-unsaturated/α-hetero) is 1. The molecular weight excluding hydrogens is 242 g/mol. The van der Waals surface area contributed by atoms with Crippen LogP contribution in [0.2, 0.25) is 0 Å². The number of hydrogen-bond acceptors (Lipinski definition) is 2. The quantitative estimate of drug-likeness (QED) is 0.632. The second-order valence-corrected chi connectivity index (χ2v) is 5.16. The molecule has 0 amide bonds. The van der Waals surface area contributed by atoms with Gasteiger partial charge in [-0.1, -0.05) is 6.07 Å². The molecule has 1 aromatic rings. The standard InChI is InChI=1S/C12H17NOS.ClH/c14-11(12-6-4-10-15-12)5-3-9-13-7-1-2-8-13;/h4,6,10H,1-3,5,7-9H2;1H. The van der Waals surface area contributed by atoms with E-state index in [1.807, 2.05) is 17.5 Å². The Hall–Kier alpha value is -0.380. The van der Waals surface area contributed by atoms with Gasteiger partial charge in [-0.05, 0) is 11.4 Å². The summed E-state index contributed by atoms with van der Waals surface area (Å²) in [5.74, 6) is 0.323. The maximum atomic E-state index is 11.7. The van der Waals surface area contributed by atoms with E-state index in [0.29, 0.717) is 5.78 Å². The Balaban J connectivity index is 0.00000128. The van der Waals surface area contributed by atoms with E-state index in [2.05, 4.69) is 0 Å². The summed E-state index contributed by atoms with van der Waals surface area (Å²) in [5.41, 5.74) is 0.